The highest BCUT2D eigenvalue weighted by Crippen LogP contribution is 2.62. The molecule has 0 radical (unpaired) electrons. The number of hydrogen-bond acceptors (Lipinski definition) is 11. The van der Waals surface area contributed by atoms with E-state index in [1.807, 2.05) is 35.2 Å². The highest BCUT2D eigenvalue weighted by atomic mass is 16.7. The number of fused-ring (bicyclic) bond motifs is 3. The Morgan fingerprint density at radius 1 is 0.894 bits per heavy atom. The van der Waals surface area contributed by atoms with Gasteiger partial charge in [-0.3, -0.25) is 4.79 Å². The second-order valence-electron chi connectivity index (χ2n) is 18.9. The fraction of sp³-hybridized carbons (Fsp3) is 0.642. The molecule has 6 unspecified atom stereocenters. The van der Waals surface area contributed by atoms with Crippen LogP contribution in [0.4, 0.5) is 4.79 Å². The number of unbranched alkanes of at least 4 members (excludes halogenated alkanes) is 11. The number of ether oxygens (including phenoxy) is 5. The minimum absolute atomic E-state index is 0.0270. The van der Waals surface area contributed by atoms with E-state index in [1.54, 1.807) is 19.3 Å². The molecule has 0 spiro atoms. The first kappa shape index (κ1) is 49.3. The second kappa shape index (κ2) is 24.4. The van der Waals surface area contributed by atoms with E-state index in [1.165, 1.54) is 44.9 Å². The number of aliphatic hydroxyl groups excluding tert-OH is 2. The predicted octanol–water partition coefficient (Wildman–Crippen LogP) is 10.1. The minimum Gasteiger partial charge on any atom is -0.459 e. The Morgan fingerprint density at radius 2 is 1.61 bits per heavy atom. The van der Waals surface area contributed by atoms with Crippen LogP contribution in [0.5, 0.6) is 23.0 Å². The van der Waals surface area contributed by atoms with Crippen LogP contribution in [-0.4, -0.2) is 84.9 Å². The van der Waals surface area contributed by atoms with Crippen LogP contribution < -0.4 is 24.3 Å². The van der Waals surface area contributed by atoms with Gasteiger partial charge >= 0.3 is 6.09 Å². The molecule has 2 heterocycles. The van der Waals surface area contributed by atoms with Gasteiger partial charge in [0.2, 0.25) is 18.5 Å². The average Bonchev–Trinajstić information content (AvgIpc) is 4.07. The Balaban J connectivity index is 1.24. The van der Waals surface area contributed by atoms with Gasteiger partial charge in [-0.25, -0.2) is 4.79 Å². The molecule has 0 bridgehead atoms. The number of nitrogens with one attached hydrogen (secondary N) is 1. The van der Waals surface area contributed by atoms with Crippen LogP contribution in [0, 0.1) is 23.7 Å². The summed E-state index contributed by atoms with van der Waals surface area (Å²) in [6.45, 7) is 7.60. The van der Waals surface area contributed by atoms with Crippen molar-refractivity contribution in [3.63, 3.8) is 0 Å². The van der Waals surface area contributed by atoms with Gasteiger partial charge in [0.25, 0.3) is 0 Å². The topological polar surface area (TPSA) is 158 Å². The molecule has 13 nitrogen and oxygen atoms in total. The first-order chi connectivity index (χ1) is 32.3. The van der Waals surface area contributed by atoms with Gasteiger partial charge in [-0.2, -0.15) is 0 Å². The van der Waals surface area contributed by atoms with E-state index in [0.717, 1.165) is 80.2 Å². The summed E-state index contributed by atoms with van der Waals surface area (Å²) in [6, 6.07) is 10.7. The summed E-state index contributed by atoms with van der Waals surface area (Å²) in [5.74, 6) is 0.197. The van der Waals surface area contributed by atoms with Crippen molar-refractivity contribution < 1.29 is 48.3 Å². The molecule has 66 heavy (non-hydrogen) atoms. The number of amides is 2. The lowest BCUT2D eigenvalue weighted by Crippen LogP contribution is -2.70. The molecular weight excluding hydrogens is 839 g/mol. The highest BCUT2D eigenvalue weighted by Gasteiger charge is 2.66. The normalized spacial score (nSPS) is 24.2. The zero-order valence-corrected chi connectivity index (χ0v) is 39.5. The summed E-state index contributed by atoms with van der Waals surface area (Å²) in [5.41, 5.74) is 3.44. The maximum Gasteiger partial charge on any atom is 0.412 e. The quantitative estimate of drug-likeness (QED) is 0.0426. The van der Waals surface area contributed by atoms with Crippen LogP contribution in [-0.2, 0) is 20.9 Å². The third-order valence-corrected chi connectivity index (χ3v) is 14.2. The molecule has 2 aromatic rings. The van der Waals surface area contributed by atoms with E-state index < -0.39 is 23.8 Å². The Morgan fingerprint density at radius 3 is 2.32 bits per heavy atom. The minimum atomic E-state index is -1.40. The molecule has 2 aromatic carbocycles. The third kappa shape index (κ3) is 11.9. The van der Waals surface area contributed by atoms with Gasteiger partial charge in [0.15, 0.2) is 11.5 Å². The Kier molecular flexibility index (Phi) is 18.3. The fourth-order valence-electron chi connectivity index (χ4n) is 10.9. The second-order valence-corrected chi connectivity index (χ2v) is 18.9. The molecule has 362 valence electrons. The zero-order valence-electron chi connectivity index (χ0n) is 39.5. The molecule has 6 atom stereocenters. The molecule has 3 aliphatic carbocycles. The van der Waals surface area contributed by atoms with E-state index in [4.69, 9.17) is 33.7 Å². The van der Waals surface area contributed by atoms with Crippen LogP contribution in [0.2, 0.25) is 0 Å². The summed E-state index contributed by atoms with van der Waals surface area (Å²) >= 11 is 0. The monoisotopic (exact) mass is 914 g/mol. The number of carbonyl (C=O) groups is 2. The molecule has 2 fully saturated rings. The van der Waals surface area contributed by atoms with Crippen molar-refractivity contribution in [3.8, 4) is 23.0 Å². The lowest BCUT2D eigenvalue weighted by molar-refractivity contribution is -0.258. The molecule has 0 saturated heterocycles. The summed E-state index contributed by atoms with van der Waals surface area (Å²) in [6.07, 6.45) is 22.2. The summed E-state index contributed by atoms with van der Waals surface area (Å²) < 4.78 is 31.9. The smallest absolute Gasteiger partial charge is 0.412 e. The number of nitrogens with zero attached hydrogens (tertiary/aromatic N) is 2. The van der Waals surface area contributed by atoms with E-state index in [0.29, 0.717) is 48.8 Å². The van der Waals surface area contributed by atoms with Gasteiger partial charge in [0.1, 0.15) is 24.7 Å². The number of hydrogen-bond donors (Lipinski definition) is 3. The van der Waals surface area contributed by atoms with Crippen molar-refractivity contribution in [2.45, 2.75) is 153 Å². The molecular formula is C53H75N3O10. The van der Waals surface area contributed by atoms with Crippen LogP contribution in [0.25, 0.3) is 0 Å². The molecule has 2 aliphatic heterocycles. The van der Waals surface area contributed by atoms with Gasteiger partial charge < -0.3 is 49.0 Å². The van der Waals surface area contributed by atoms with Crippen molar-refractivity contribution in [1.82, 2.24) is 10.2 Å². The van der Waals surface area contributed by atoms with Crippen molar-refractivity contribution >= 4 is 17.7 Å². The SMILES string of the molecule is C=CCOC12Oc3ccc(OC(=O)NCCCCCCCCCCCC)cc3C3C(CCCCO)C(CCCCO)C=C(C(=NOC)CC1N(Cc1ccc4c(c1)OCO4)C(=O)C1CC1)C32. The van der Waals surface area contributed by atoms with Gasteiger partial charge in [-0.15, -0.1) is 6.58 Å². The van der Waals surface area contributed by atoms with E-state index >= 15 is 0 Å². The van der Waals surface area contributed by atoms with Crippen LogP contribution >= 0.6 is 0 Å². The van der Waals surface area contributed by atoms with Gasteiger partial charge in [0.05, 0.1) is 18.2 Å². The molecule has 2 amide bonds. The number of benzene rings is 2. The Hall–Kier alpha value is -4.59. The van der Waals surface area contributed by atoms with E-state index in [9.17, 15) is 19.8 Å². The maximum absolute atomic E-state index is 14.8. The number of allylic oxidation sites excluding steroid dienone is 1. The van der Waals surface area contributed by atoms with Crippen molar-refractivity contribution in [1.29, 1.82) is 0 Å². The fourth-order valence-corrected chi connectivity index (χ4v) is 10.9. The highest BCUT2D eigenvalue weighted by molar-refractivity contribution is 6.03. The summed E-state index contributed by atoms with van der Waals surface area (Å²) in [7, 11) is 1.55. The van der Waals surface area contributed by atoms with Crippen LogP contribution in [0.3, 0.4) is 0 Å². The Labute approximate surface area is 392 Å². The van der Waals surface area contributed by atoms with Crippen molar-refractivity contribution in [2.24, 2.45) is 28.8 Å². The summed E-state index contributed by atoms with van der Waals surface area (Å²) in [5, 5.41) is 27.6. The molecule has 0 aromatic heterocycles. The van der Waals surface area contributed by atoms with Crippen LogP contribution in [0.15, 0.2) is 65.9 Å². The van der Waals surface area contributed by atoms with Gasteiger partial charge in [-0.1, -0.05) is 101 Å². The predicted molar refractivity (Wildman–Crippen MR) is 254 cm³/mol. The number of carbonyl (C=O) groups excluding carboxylic acids is 2. The first-order valence-corrected chi connectivity index (χ1v) is 25.1. The average molecular weight is 914 g/mol. The lowest BCUT2D eigenvalue weighted by atomic mass is 9.55. The standard InChI is InChI=1S/C53H75N3O10/c1-4-6-7-8-9-10-11-12-13-16-27-54-52(60)65-40-24-26-45-43(33-40)49-41(20-15-18-29-58)39(19-14-17-28-57)32-42-44(55-61-3)34-48(53(66-45,50(42)49)64-30-5-2)56(51(59)38-22-23-38)35-37-21-25-46-47(31-37)63-36-62-46/h5,21,24-26,31-33,38-39,41,48-50,57-58H,2,4,6-20,22-23,27-30,34-36H2,1,3H3,(H,54,60). The number of oxime groups is 1. The third-order valence-electron chi connectivity index (χ3n) is 14.2. The molecule has 2 saturated carbocycles. The van der Waals surface area contributed by atoms with Gasteiger partial charge in [-0.05, 0) is 98.2 Å². The molecule has 7 rings (SSSR count). The zero-order chi connectivity index (χ0) is 46.3. The molecule has 5 aliphatic rings. The molecule has 3 N–H and O–H groups in total. The number of rotatable bonds is 28. The first-order valence-electron chi connectivity index (χ1n) is 25.1. The maximum atomic E-state index is 14.8. The lowest BCUT2D eigenvalue weighted by Gasteiger charge is -2.60. The van der Waals surface area contributed by atoms with Crippen molar-refractivity contribution in [2.75, 3.05) is 40.3 Å². The van der Waals surface area contributed by atoms with Gasteiger partial charge in [0, 0.05) is 50.1 Å². The summed E-state index contributed by atoms with van der Waals surface area (Å²) in [4.78, 5) is 35.7. The van der Waals surface area contributed by atoms with E-state index in [-0.39, 0.29) is 62.7 Å². The number of aliphatic hydroxyl groups is 2. The van der Waals surface area contributed by atoms with E-state index in [2.05, 4.69) is 24.9 Å². The largest absolute Gasteiger partial charge is 0.459 e. The van der Waals surface area contributed by atoms with Crippen molar-refractivity contribution in [3.05, 3.63) is 71.8 Å². The molecule has 13 heteroatoms. The Bertz CT molecular complexity index is 1980. The van der Waals surface area contributed by atoms with Crippen LogP contribution in [0.1, 0.15) is 146 Å².